The number of carbonyl (C=O) groups is 2. The lowest BCUT2D eigenvalue weighted by atomic mass is 9.78. The van der Waals surface area contributed by atoms with Crippen molar-refractivity contribution in [3.63, 3.8) is 0 Å². The van der Waals surface area contributed by atoms with Crippen LogP contribution in [-0.4, -0.2) is 22.5 Å². The Morgan fingerprint density at radius 1 is 1.50 bits per heavy atom. The third-order valence-corrected chi connectivity index (χ3v) is 4.11. The van der Waals surface area contributed by atoms with Crippen LogP contribution in [0.3, 0.4) is 0 Å². The number of carboxylic acids is 1. The van der Waals surface area contributed by atoms with Crippen LogP contribution in [-0.2, 0) is 4.79 Å². The van der Waals surface area contributed by atoms with Gasteiger partial charge in [-0.15, -0.1) is 11.3 Å². The summed E-state index contributed by atoms with van der Waals surface area (Å²) in [6.45, 7) is 2.04. The first-order valence-electron chi connectivity index (χ1n) is 5.81. The van der Waals surface area contributed by atoms with E-state index in [1.54, 1.807) is 11.4 Å². The first-order valence-corrected chi connectivity index (χ1v) is 6.69. The maximum atomic E-state index is 12.1. The molecule has 4 nitrogen and oxygen atoms in total. The molecule has 18 heavy (non-hydrogen) atoms. The number of amides is 1. The first kappa shape index (κ1) is 12.8. The Morgan fingerprint density at radius 3 is 2.78 bits per heavy atom. The number of rotatable bonds is 4. The van der Waals surface area contributed by atoms with E-state index < -0.39 is 5.97 Å². The maximum absolute atomic E-state index is 12.1. The van der Waals surface area contributed by atoms with Gasteiger partial charge in [0.25, 0.3) is 5.91 Å². The van der Waals surface area contributed by atoms with Gasteiger partial charge in [-0.25, -0.2) is 4.79 Å². The van der Waals surface area contributed by atoms with E-state index in [0.29, 0.717) is 10.4 Å². The number of thiophene rings is 1. The fourth-order valence-corrected chi connectivity index (χ4v) is 2.74. The van der Waals surface area contributed by atoms with Crippen LogP contribution in [0, 0.1) is 0 Å². The summed E-state index contributed by atoms with van der Waals surface area (Å²) in [5.74, 6) is -1.13. The number of nitrogens with one attached hydrogen (secondary N) is 1. The summed E-state index contributed by atoms with van der Waals surface area (Å²) in [5.41, 5.74) is 0.567. The van der Waals surface area contributed by atoms with Gasteiger partial charge in [0.1, 0.15) is 0 Å². The molecule has 0 bridgehead atoms. The zero-order valence-corrected chi connectivity index (χ0v) is 10.9. The molecule has 2 N–H and O–H groups in total. The van der Waals surface area contributed by atoms with Crippen molar-refractivity contribution in [2.45, 2.75) is 31.7 Å². The second-order valence-corrected chi connectivity index (χ2v) is 5.66. The molecule has 0 aromatic carbocycles. The van der Waals surface area contributed by atoms with E-state index in [4.69, 9.17) is 5.11 Å². The van der Waals surface area contributed by atoms with Crippen molar-refractivity contribution < 1.29 is 14.7 Å². The average molecular weight is 265 g/mol. The van der Waals surface area contributed by atoms with Gasteiger partial charge in [-0.3, -0.25) is 4.79 Å². The zero-order valence-electron chi connectivity index (χ0n) is 10.1. The lowest BCUT2D eigenvalue weighted by molar-refractivity contribution is -0.131. The van der Waals surface area contributed by atoms with Crippen molar-refractivity contribution in [1.29, 1.82) is 0 Å². The number of hydrogen-bond acceptors (Lipinski definition) is 3. The van der Waals surface area contributed by atoms with Gasteiger partial charge in [-0.1, -0.05) is 0 Å². The highest BCUT2D eigenvalue weighted by Gasteiger charge is 2.33. The molecule has 0 spiro atoms. The summed E-state index contributed by atoms with van der Waals surface area (Å²) in [4.78, 5) is 23.1. The Balaban J connectivity index is 2.10. The molecule has 1 saturated carbocycles. The van der Waals surface area contributed by atoms with Gasteiger partial charge in [0, 0.05) is 11.6 Å². The fraction of sp³-hybridized carbons (Fsp3) is 0.385. The minimum Gasteiger partial charge on any atom is -0.478 e. The van der Waals surface area contributed by atoms with Gasteiger partial charge in [0.2, 0.25) is 0 Å². The monoisotopic (exact) mass is 265 g/mol. The summed E-state index contributed by atoms with van der Waals surface area (Å²) in [7, 11) is 0. The third-order valence-electron chi connectivity index (χ3n) is 3.18. The van der Waals surface area contributed by atoms with E-state index in [1.165, 1.54) is 17.4 Å². The molecule has 1 heterocycles. The van der Waals surface area contributed by atoms with Crippen LogP contribution < -0.4 is 5.32 Å². The number of carboxylic acid groups (broad SMARTS) is 1. The minimum absolute atomic E-state index is 0.0884. The largest absolute Gasteiger partial charge is 0.478 e. The van der Waals surface area contributed by atoms with E-state index in [1.807, 2.05) is 6.92 Å². The van der Waals surface area contributed by atoms with Gasteiger partial charge in [0.05, 0.1) is 4.88 Å². The predicted octanol–water partition coefficient (Wildman–Crippen LogP) is 2.52. The number of hydrogen-bond donors (Lipinski definition) is 2. The lowest BCUT2D eigenvalue weighted by Crippen LogP contribution is -2.50. The highest BCUT2D eigenvalue weighted by Crippen LogP contribution is 2.31. The molecule has 1 aromatic heterocycles. The highest BCUT2D eigenvalue weighted by molar-refractivity contribution is 7.12. The number of carbonyl (C=O) groups excluding carboxylic acids is 1. The molecule has 0 unspecified atom stereocenters. The Morgan fingerprint density at radius 2 is 2.22 bits per heavy atom. The van der Waals surface area contributed by atoms with Crippen molar-refractivity contribution in [2.75, 3.05) is 0 Å². The third kappa shape index (κ3) is 2.79. The van der Waals surface area contributed by atoms with Crippen LogP contribution in [0.25, 0.3) is 6.08 Å². The molecule has 1 aromatic rings. The van der Waals surface area contributed by atoms with E-state index in [-0.39, 0.29) is 11.4 Å². The minimum atomic E-state index is -1.02. The van der Waals surface area contributed by atoms with Crippen LogP contribution in [0.4, 0.5) is 0 Å². The lowest BCUT2D eigenvalue weighted by Gasteiger charge is -2.39. The molecule has 1 aliphatic carbocycles. The van der Waals surface area contributed by atoms with E-state index in [9.17, 15) is 9.59 Å². The molecule has 0 atom stereocenters. The molecule has 0 radical (unpaired) electrons. The summed E-state index contributed by atoms with van der Waals surface area (Å²) >= 11 is 1.33. The second-order valence-electron chi connectivity index (χ2n) is 4.74. The molecule has 96 valence electrons. The average Bonchev–Trinajstić information content (AvgIpc) is 2.72. The molecule has 5 heteroatoms. The van der Waals surface area contributed by atoms with Gasteiger partial charge in [-0.2, -0.15) is 0 Å². The van der Waals surface area contributed by atoms with Gasteiger partial charge < -0.3 is 10.4 Å². The van der Waals surface area contributed by atoms with Gasteiger partial charge in [-0.05, 0) is 49.3 Å². The molecular weight excluding hydrogens is 250 g/mol. The summed E-state index contributed by atoms with van der Waals surface area (Å²) in [5, 5.41) is 13.4. The number of aliphatic carboxylic acids is 1. The highest BCUT2D eigenvalue weighted by atomic mass is 32.1. The van der Waals surface area contributed by atoms with Gasteiger partial charge in [0.15, 0.2) is 0 Å². The fourth-order valence-electron chi connectivity index (χ4n) is 1.96. The predicted molar refractivity (Wildman–Crippen MR) is 70.7 cm³/mol. The van der Waals surface area contributed by atoms with E-state index in [2.05, 4.69) is 5.32 Å². The zero-order chi connectivity index (χ0) is 13.2. The van der Waals surface area contributed by atoms with Crippen molar-refractivity contribution >= 4 is 29.3 Å². The Bertz CT molecular complexity index is 500. The summed E-state index contributed by atoms with van der Waals surface area (Å²) in [6.07, 6.45) is 5.66. The first-order chi connectivity index (χ1) is 8.50. The quantitative estimate of drug-likeness (QED) is 0.822. The van der Waals surface area contributed by atoms with Crippen LogP contribution >= 0.6 is 11.3 Å². The molecular formula is C13H15NO3S. The van der Waals surface area contributed by atoms with Crippen molar-refractivity contribution in [2.24, 2.45) is 0 Å². The molecule has 1 aliphatic rings. The Kier molecular flexibility index (Phi) is 3.52. The normalized spacial score (nSPS) is 17.4. The second kappa shape index (κ2) is 4.94. The SMILES string of the molecule is CC1(NC(=O)c2sccc2/C=C/C(=O)O)CCC1. The smallest absolute Gasteiger partial charge is 0.328 e. The molecule has 1 amide bonds. The maximum Gasteiger partial charge on any atom is 0.328 e. The van der Waals surface area contributed by atoms with Crippen molar-refractivity contribution in [1.82, 2.24) is 5.32 Å². The Hall–Kier alpha value is -1.62. The standard InChI is InChI=1S/C13H15NO3S/c1-13(6-2-7-13)14-12(17)11-9(5-8-18-11)3-4-10(15)16/h3-5,8H,2,6-7H2,1H3,(H,14,17)(H,15,16)/b4-3+. The van der Waals surface area contributed by atoms with Crippen molar-refractivity contribution in [3.05, 3.63) is 28.0 Å². The summed E-state index contributed by atoms with van der Waals surface area (Å²) < 4.78 is 0. The van der Waals surface area contributed by atoms with E-state index in [0.717, 1.165) is 25.3 Å². The Labute approximate surface area is 109 Å². The molecule has 1 fully saturated rings. The molecule has 0 aliphatic heterocycles. The molecule has 0 saturated heterocycles. The van der Waals surface area contributed by atoms with Crippen LogP contribution in [0.1, 0.15) is 41.4 Å². The van der Waals surface area contributed by atoms with Crippen LogP contribution in [0.2, 0.25) is 0 Å². The van der Waals surface area contributed by atoms with Crippen molar-refractivity contribution in [3.8, 4) is 0 Å². The summed E-state index contributed by atoms with van der Waals surface area (Å²) in [6, 6.07) is 1.75. The van der Waals surface area contributed by atoms with Crippen LogP contribution in [0.5, 0.6) is 0 Å². The van der Waals surface area contributed by atoms with Gasteiger partial charge >= 0.3 is 5.97 Å². The topological polar surface area (TPSA) is 66.4 Å². The van der Waals surface area contributed by atoms with Crippen LogP contribution in [0.15, 0.2) is 17.5 Å². The van der Waals surface area contributed by atoms with E-state index >= 15 is 0 Å². The molecule has 2 rings (SSSR count).